The van der Waals surface area contributed by atoms with Gasteiger partial charge in [0.15, 0.2) is 0 Å². The molecule has 5 heteroatoms. The summed E-state index contributed by atoms with van der Waals surface area (Å²) in [5, 5.41) is 8.91. The molecule has 0 atom stereocenters. The predicted molar refractivity (Wildman–Crippen MR) is 65.1 cm³/mol. The summed E-state index contributed by atoms with van der Waals surface area (Å²) < 4.78 is 4.87. The molecule has 1 heterocycles. The van der Waals surface area contributed by atoms with Crippen LogP contribution in [0.4, 0.5) is 16.4 Å². The third kappa shape index (κ3) is 3.07. The summed E-state index contributed by atoms with van der Waals surface area (Å²) in [6.45, 7) is 3.77. The molecule has 17 heavy (non-hydrogen) atoms. The fraction of sp³-hybridized carbons (Fsp3) is 0.167. The van der Waals surface area contributed by atoms with E-state index in [9.17, 15) is 4.79 Å². The van der Waals surface area contributed by atoms with Crippen LogP contribution in [-0.2, 0) is 0 Å². The van der Waals surface area contributed by atoms with Crippen molar-refractivity contribution in [3.63, 3.8) is 0 Å². The van der Waals surface area contributed by atoms with Crippen molar-refractivity contribution in [3.8, 4) is 0 Å². The number of anilines is 2. The van der Waals surface area contributed by atoms with Crippen molar-refractivity contribution in [1.82, 2.24) is 5.16 Å². The Labute approximate surface area is 98.8 Å². The Hall–Kier alpha value is -2.30. The van der Waals surface area contributed by atoms with Crippen molar-refractivity contribution in [1.29, 1.82) is 0 Å². The van der Waals surface area contributed by atoms with Gasteiger partial charge in [-0.2, -0.15) is 0 Å². The summed E-state index contributed by atoms with van der Waals surface area (Å²) in [5.41, 5.74) is 2.58. The lowest BCUT2D eigenvalue weighted by molar-refractivity contribution is 0.261. The highest BCUT2D eigenvalue weighted by Crippen LogP contribution is 2.11. The zero-order valence-electron chi connectivity index (χ0n) is 9.65. The molecule has 5 nitrogen and oxygen atoms in total. The summed E-state index contributed by atoms with van der Waals surface area (Å²) in [6.07, 6.45) is 0. The smallest absolute Gasteiger partial charge is 0.326 e. The lowest BCUT2D eigenvalue weighted by Gasteiger charge is -2.04. The number of nitrogens with one attached hydrogen (secondary N) is 2. The summed E-state index contributed by atoms with van der Waals surface area (Å²) in [5.74, 6) is 0.326. The number of urea groups is 1. The summed E-state index contributed by atoms with van der Waals surface area (Å²) >= 11 is 0. The Morgan fingerprint density at radius 1 is 1.18 bits per heavy atom. The molecule has 0 unspecified atom stereocenters. The summed E-state index contributed by atoms with van der Waals surface area (Å²) in [4.78, 5) is 11.6. The molecule has 0 fully saturated rings. The third-order valence-electron chi connectivity index (χ3n) is 2.17. The predicted octanol–water partition coefficient (Wildman–Crippen LogP) is 2.94. The molecule has 2 amide bonds. The molecule has 2 rings (SSSR count). The van der Waals surface area contributed by atoms with Gasteiger partial charge in [0.2, 0.25) is 5.88 Å². The molecule has 0 aliphatic heterocycles. The van der Waals surface area contributed by atoms with Crippen LogP contribution in [0.2, 0.25) is 0 Å². The first kappa shape index (κ1) is 11.2. The number of amides is 2. The van der Waals surface area contributed by atoms with Crippen molar-refractivity contribution in [2.75, 3.05) is 10.6 Å². The van der Waals surface area contributed by atoms with Crippen LogP contribution in [0, 0.1) is 13.8 Å². The topological polar surface area (TPSA) is 67.2 Å². The average molecular weight is 231 g/mol. The normalized spacial score (nSPS) is 10.0. The van der Waals surface area contributed by atoms with E-state index in [0.717, 1.165) is 16.9 Å². The number of hydrogen-bond donors (Lipinski definition) is 2. The molecule has 2 aromatic rings. The molecule has 0 bridgehead atoms. The maximum atomic E-state index is 11.6. The molecule has 0 saturated carbocycles. The Morgan fingerprint density at radius 3 is 2.47 bits per heavy atom. The van der Waals surface area contributed by atoms with Crippen molar-refractivity contribution in [2.45, 2.75) is 13.8 Å². The number of aromatic nitrogens is 1. The zero-order valence-corrected chi connectivity index (χ0v) is 9.65. The molecule has 0 spiro atoms. The van der Waals surface area contributed by atoms with E-state index < -0.39 is 0 Å². The molecule has 1 aromatic heterocycles. The minimum Gasteiger partial charge on any atom is -0.338 e. The molecule has 0 saturated heterocycles. The van der Waals surface area contributed by atoms with E-state index in [-0.39, 0.29) is 6.03 Å². The van der Waals surface area contributed by atoms with Gasteiger partial charge in [-0.15, -0.1) is 0 Å². The van der Waals surface area contributed by atoms with Gasteiger partial charge in [-0.1, -0.05) is 22.9 Å². The first-order valence-electron chi connectivity index (χ1n) is 5.21. The third-order valence-corrected chi connectivity index (χ3v) is 2.17. The van der Waals surface area contributed by atoms with E-state index in [2.05, 4.69) is 15.8 Å². The standard InChI is InChI=1S/C12H13N3O2/c1-8-3-5-10(6-4-8)13-12(16)14-11-7-9(2)15-17-11/h3-7H,1-2H3,(H2,13,14,16). The Morgan fingerprint density at radius 2 is 1.88 bits per heavy atom. The zero-order chi connectivity index (χ0) is 12.3. The minimum atomic E-state index is -0.356. The Balaban J connectivity index is 1.95. The second-order valence-corrected chi connectivity index (χ2v) is 3.78. The fourth-order valence-electron chi connectivity index (χ4n) is 1.33. The summed E-state index contributed by atoms with van der Waals surface area (Å²) in [7, 11) is 0. The van der Waals surface area contributed by atoms with E-state index in [1.54, 1.807) is 13.0 Å². The van der Waals surface area contributed by atoms with Crippen molar-refractivity contribution >= 4 is 17.6 Å². The van der Waals surface area contributed by atoms with Crippen molar-refractivity contribution < 1.29 is 9.32 Å². The van der Waals surface area contributed by atoms with Gasteiger partial charge in [0.05, 0.1) is 5.69 Å². The highest BCUT2D eigenvalue weighted by atomic mass is 16.5. The van der Waals surface area contributed by atoms with Gasteiger partial charge in [-0.25, -0.2) is 4.79 Å². The van der Waals surface area contributed by atoms with Crippen LogP contribution < -0.4 is 10.6 Å². The van der Waals surface area contributed by atoms with Crippen molar-refractivity contribution in [3.05, 3.63) is 41.6 Å². The van der Waals surface area contributed by atoms with Gasteiger partial charge in [-0.05, 0) is 26.0 Å². The van der Waals surface area contributed by atoms with Gasteiger partial charge in [-0.3, -0.25) is 5.32 Å². The van der Waals surface area contributed by atoms with E-state index in [0.29, 0.717) is 5.88 Å². The Kier molecular flexibility index (Phi) is 3.09. The van der Waals surface area contributed by atoms with E-state index in [1.807, 2.05) is 31.2 Å². The molecular formula is C12H13N3O2. The maximum Gasteiger partial charge on any atom is 0.326 e. The molecule has 0 radical (unpaired) electrons. The van der Waals surface area contributed by atoms with Crippen LogP contribution in [0.1, 0.15) is 11.3 Å². The maximum absolute atomic E-state index is 11.6. The minimum absolute atomic E-state index is 0.326. The molecule has 0 aliphatic carbocycles. The number of carbonyl (C=O) groups excluding carboxylic acids is 1. The SMILES string of the molecule is Cc1ccc(NC(=O)Nc2cc(C)no2)cc1. The van der Waals surface area contributed by atoms with Crippen LogP contribution in [0.3, 0.4) is 0 Å². The van der Waals surface area contributed by atoms with Gasteiger partial charge < -0.3 is 9.84 Å². The number of carbonyl (C=O) groups is 1. The van der Waals surface area contributed by atoms with E-state index in [1.165, 1.54) is 0 Å². The van der Waals surface area contributed by atoms with Crippen LogP contribution in [0.25, 0.3) is 0 Å². The van der Waals surface area contributed by atoms with Gasteiger partial charge >= 0.3 is 6.03 Å². The first-order valence-corrected chi connectivity index (χ1v) is 5.21. The molecule has 2 N–H and O–H groups in total. The van der Waals surface area contributed by atoms with Crippen molar-refractivity contribution in [2.24, 2.45) is 0 Å². The monoisotopic (exact) mass is 231 g/mol. The summed E-state index contributed by atoms with van der Waals surface area (Å²) in [6, 6.07) is 8.81. The van der Waals surface area contributed by atoms with E-state index >= 15 is 0 Å². The molecule has 1 aromatic carbocycles. The highest BCUT2D eigenvalue weighted by Gasteiger charge is 2.05. The highest BCUT2D eigenvalue weighted by molar-refractivity contribution is 5.98. The first-order chi connectivity index (χ1) is 8.13. The quantitative estimate of drug-likeness (QED) is 0.835. The van der Waals surface area contributed by atoms with E-state index in [4.69, 9.17) is 4.52 Å². The lowest BCUT2D eigenvalue weighted by atomic mass is 10.2. The molecule has 88 valence electrons. The molecular weight excluding hydrogens is 218 g/mol. The van der Waals surface area contributed by atoms with Crippen LogP contribution in [-0.4, -0.2) is 11.2 Å². The largest absolute Gasteiger partial charge is 0.338 e. The second-order valence-electron chi connectivity index (χ2n) is 3.78. The Bertz CT molecular complexity index is 517. The average Bonchev–Trinajstić information content (AvgIpc) is 2.67. The van der Waals surface area contributed by atoms with Gasteiger partial charge in [0.1, 0.15) is 0 Å². The van der Waals surface area contributed by atoms with Gasteiger partial charge in [0, 0.05) is 11.8 Å². The fourth-order valence-corrected chi connectivity index (χ4v) is 1.33. The van der Waals surface area contributed by atoms with Crippen LogP contribution >= 0.6 is 0 Å². The number of nitrogens with zero attached hydrogens (tertiary/aromatic N) is 1. The van der Waals surface area contributed by atoms with Crippen LogP contribution in [0.15, 0.2) is 34.9 Å². The lowest BCUT2D eigenvalue weighted by Crippen LogP contribution is -2.18. The number of benzene rings is 1. The second kappa shape index (κ2) is 4.69. The number of hydrogen-bond acceptors (Lipinski definition) is 3. The van der Waals surface area contributed by atoms with Gasteiger partial charge in [0.25, 0.3) is 0 Å². The van der Waals surface area contributed by atoms with Crippen LogP contribution in [0.5, 0.6) is 0 Å². The number of rotatable bonds is 2. The number of aryl methyl sites for hydroxylation is 2. The molecule has 0 aliphatic rings.